The molecule has 0 saturated carbocycles. The fourth-order valence-corrected chi connectivity index (χ4v) is 5.16. The summed E-state index contributed by atoms with van der Waals surface area (Å²) < 4.78 is 12.0. The summed E-state index contributed by atoms with van der Waals surface area (Å²) in [7, 11) is 0. The second-order valence-electron chi connectivity index (χ2n) is 8.64. The lowest BCUT2D eigenvalue weighted by molar-refractivity contribution is 0.0696. The summed E-state index contributed by atoms with van der Waals surface area (Å²) in [6.07, 6.45) is 5.32. The number of hydrogen-bond donors (Lipinski definition) is 2. The molecule has 0 amide bonds. The quantitative estimate of drug-likeness (QED) is 0.366. The number of fused-ring (bicyclic) bond motifs is 3. The monoisotopic (exact) mass is 475 g/mol. The number of anilines is 1. The average Bonchev–Trinajstić information content (AvgIpc) is 3.33. The number of halogens is 1. The summed E-state index contributed by atoms with van der Waals surface area (Å²) in [5.74, 6) is 0.963. The van der Waals surface area contributed by atoms with Crippen LogP contribution in [0.25, 0.3) is 0 Å². The maximum atomic E-state index is 11.5. The van der Waals surface area contributed by atoms with Crippen LogP contribution in [0.4, 0.5) is 5.69 Å². The van der Waals surface area contributed by atoms with Gasteiger partial charge in [0.25, 0.3) is 0 Å². The molecule has 3 aromatic rings. The van der Waals surface area contributed by atoms with Gasteiger partial charge in [-0.3, -0.25) is 0 Å². The van der Waals surface area contributed by atoms with E-state index in [2.05, 4.69) is 29.6 Å². The van der Waals surface area contributed by atoms with Crippen molar-refractivity contribution < 1.29 is 19.4 Å². The Morgan fingerprint density at radius 2 is 1.97 bits per heavy atom. The Kier molecular flexibility index (Phi) is 6.20. The number of ether oxygens (including phenoxy) is 2. The normalized spacial score (nSPS) is 20.2. The molecule has 5 nitrogen and oxygen atoms in total. The molecule has 34 heavy (non-hydrogen) atoms. The maximum absolute atomic E-state index is 11.5. The molecule has 1 heterocycles. The Hall–Kier alpha value is -3.44. The first-order valence-electron chi connectivity index (χ1n) is 11.5. The van der Waals surface area contributed by atoms with E-state index in [0.717, 1.165) is 28.8 Å². The van der Waals surface area contributed by atoms with Crippen LogP contribution in [0.2, 0.25) is 5.02 Å². The van der Waals surface area contributed by atoms with Gasteiger partial charge >= 0.3 is 5.97 Å². The summed E-state index contributed by atoms with van der Waals surface area (Å²) >= 11 is 6.10. The third-order valence-corrected chi connectivity index (χ3v) is 6.75. The van der Waals surface area contributed by atoms with Gasteiger partial charge in [-0.05, 0) is 78.4 Å². The van der Waals surface area contributed by atoms with Gasteiger partial charge in [0.05, 0.1) is 18.2 Å². The van der Waals surface area contributed by atoms with Crippen molar-refractivity contribution in [2.45, 2.75) is 31.9 Å². The third kappa shape index (κ3) is 4.36. The van der Waals surface area contributed by atoms with Crippen LogP contribution in [0.3, 0.4) is 0 Å². The largest absolute Gasteiger partial charge is 0.490 e. The molecule has 5 rings (SSSR count). The SMILES string of the molecule is CCOc1cc([C@@H]2Nc3ccc(C(=O)O)cc3[C@@H]3C=CC[C@@H]32)ccc1OCc1cccc(Cl)c1. The van der Waals surface area contributed by atoms with Crippen molar-refractivity contribution in [1.29, 1.82) is 0 Å². The van der Waals surface area contributed by atoms with Crippen LogP contribution in [0.1, 0.15) is 52.4 Å². The molecule has 0 fully saturated rings. The Morgan fingerprint density at radius 1 is 1.09 bits per heavy atom. The van der Waals surface area contributed by atoms with Crippen molar-refractivity contribution in [3.8, 4) is 11.5 Å². The van der Waals surface area contributed by atoms with Crippen LogP contribution in [-0.4, -0.2) is 17.7 Å². The molecule has 0 radical (unpaired) electrons. The number of hydrogen-bond acceptors (Lipinski definition) is 4. The molecular formula is C28H26ClNO4. The standard InChI is InChI=1S/C28H26ClNO4/c1-2-33-26-15-18(10-12-25(26)34-16-17-5-3-6-20(29)13-17)27-22-8-4-7-21(22)23-14-19(28(31)32)9-11-24(23)30-27/h3-7,9-15,21-22,27,30H,2,8,16H2,1H3,(H,31,32)/t21-,22+,27+/m1/s1. The van der Waals surface area contributed by atoms with Crippen molar-refractivity contribution in [2.24, 2.45) is 5.92 Å². The van der Waals surface area contributed by atoms with Crippen molar-refractivity contribution in [3.05, 3.63) is 100 Å². The molecule has 1 aliphatic carbocycles. The van der Waals surface area contributed by atoms with Crippen molar-refractivity contribution in [1.82, 2.24) is 0 Å². The van der Waals surface area contributed by atoms with Gasteiger partial charge in [0.1, 0.15) is 6.61 Å². The minimum absolute atomic E-state index is 0.0735. The highest BCUT2D eigenvalue weighted by Crippen LogP contribution is 2.50. The number of carbonyl (C=O) groups is 1. The van der Waals surface area contributed by atoms with Gasteiger partial charge in [-0.15, -0.1) is 0 Å². The van der Waals surface area contributed by atoms with Crippen LogP contribution < -0.4 is 14.8 Å². The molecule has 0 unspecified atom stereocenters. The number of carboxylic acid groups (broad SMARTS) is 1. The number of benzene rings is 3. The highest BCUT2D eigenvalue weighted by molar-refractivity contribution is 6.30. The maximum Gasteiger partial charge on any atom is 0.335 e. The van der Waals surface area contributed by atoms with Gasteiger partial charge in [0.2, 0.25) is 0 Å². The van der Waals surface area contributed by atoms with Crippen LogP contribution in [0, 0.1) is 5.92 Å². The molecular weight excluding hydrogens is 450 g/mol. The summed E-state index contributed by atoms with van der Waals surface area (Å²) in [6.45, 7) is 2.89. The number of rotatable bonds is 7. The first kappa shape index (κ1) is 22.4. The van der Waals surface area contributed by atoms with E-state index in [9.17, 15) is 9.90 Å². The van der Waals surface area contributed by atoms with Gasteiger partial charge in [-0.1, -0.05) is 42.0 Å². The van der Waals surface area contributed by atoms with Crippen molar-refractivity contribution in [2.75, 3.05) is 11.9 Å². The Labute approximate surface area is 204 Å². The van der Waals surface area contributed by atoms with E-state index < -0.39 is 5.97 Å². The van der Waals surface area contributed by atoms with Crippen LogP contribution in [0.15, 0.2) is 72.8 Å². The Morgan fingerprint density at radius 3 is 2.76 bits per heavy atom. The fourth-order valence-electron chi connectivity index (χ4n) is 4.95. The van der Waals surface area contributed by atoms with E-state index in [-0.39, 0.29) is 12.0 Å². The molecule has 0 saturated heterocycles. The van der Waals surface area contributed by atoms with Crippen molar-refractivity contribution in [3.63, 3.8) is 0 Å². The van der Waals surface area contributed by atoms with E-state index in [1.165, 1.54) is 0 Å². The van der Waals surface area contributed by atoms with E-state index in [1.807, 2.05) is 43.3 Å². The van der Waals surface area contributed by atoms with Gasteiger partial charge in [-0.2, -0.15) is 0 Å². The zero-order valence-electron chi connectivity index (χ0n) is 18.8. The van der Waals surface area contributed by atoms with Crippen LogP contribution in [0.5, 0.6) is 11.5 Å². The average molecular weight is 476 g/mol. The van der Waals surface area contributed by atoms with Gasteiger partial charge < -0.3 is 19.9 Å². The van der Waals surface area contributed by atoms with Crippen LogP contribution in [-0.2, 0) is 6.61 Å². The molecule has 3 aromatic carbocycles. The second kappa shape index (κ2) is 9.43. The van der Waals surface area contributed by atoms with E-state index in [0.29, 0.717) is 41.2 Å². The zero-order chi connectivity index (χ0) is 23.7. The molecule has 2 N–H and O–H groups in total. The number of nitrogens with one attached hydrogen (secondary N) is 1. The summed E-state index contributed by atoms with van der Waals surface area (Å²) in [5.41, 5.74) is 4.44. The van der Waals surface area contributed by atoms with Crippen LogP contribution >= 0.6 is 11.6 Å². The summed E-state index contributed by atoms with van der Waals surface area (Å²) in [5, 5.41) is 13.8. The Balaban J connectivity index is 1.43. The topological polar surface area (TPSA) is 67.8 Å². The highest BCUT2D eigenvalue weighted by atomic mass is 35.5. The lowest BCUT2D eigenvalue weighted by Gasteiger charge is -2.37. The predicted molar refractivity (Wildman–Crippen MR) is 133 cm³/mol. The lowest BCUT2D eigenvalue weighted by atomic mass is 9.76. The molecule has 0 spiro atoms. The third-order valence-electron chi connectivity index (χ3n) is 6.52. The summed E-state index contributed by atoms with van der Waals surface area (Å²) in [4.78, 5) is 11.5. The second-order valence-corrected chi connectivity index (χ2v) is 9.08. The minimum Gasteiger partial charge on any atom is -0.490 e. The molecule has 2 aliphatic rings. The van der Waals surface area contributed by atoms with E-state index >= 15 is 0 Å². The van der Waals surface area contributed by atoms with Gasteiger partial charge in [0, 0.05) is 16.6 Å². The smallest absolute Gasteiger partial charge is 0.335 e. The van der Waals surface area contributed by atoms with Gasteiger partial charge in [0.15, 0.2) is 11.5 Å². The molecule has 1 aliphatic heterocycles. The molecule has 3 atom stereocenters. The summed E-state index contributed by atoms with van der Waals surface area (Å²) in [6, 6.07) is 19.1. The van der Waals surface area contributed by atoms with E-state index in [4.69, 9.17) is 21.1 Å². The molecule has 174 valence electrons. The Bertz CT molecular complexity index is 1250. The first-order valence-corrected chi connectivity index (χ1v) is 11.9. The lowest BCUT2D eigenvalue weighted by Crippen LogP contribution is -2.29. The van der Waals surface area contributed by atoms with Gasteiger partial charge in [-0.25, -0.2) is 4.79 Å². The molecule has 0 aromatic heterocycles. The highest BCUT2D eigenvalue weighted by Gasteiger charge is 2.38. The van der Waals surface area contributed by atoms with E-state index in [1.54, 1.807) is 12.1 Å². The molecule has 6 heteroatoms. The first-order chi connectivity index (χ1) is 16.5. The number of allylic oxidation sites excluding steroid dienone is 2. The van der Waals surface area contributed by atoms with Crippen molar-refractivity contribution >= 4 is 23.3 Å². The minimum atomic E-state index is -0.904. The number of carboxylic acids is 1. The predicted octanol–water partition coefficient (Wildman–Crippen LogP) is 6.84. The fraction of sp³-hybridized carbons (Fsp3) is 0.250. The number of aromatic carboxylic acids is 1. The molecule has 0 bridgehead atoms. The zero-order valence-corrected chi connectivity index (χ0v) is 19.6.